The van der Waals surface area contributed by atoms with Gasteiger partial charge in [0.2, 0.25) is 0 Å². The van der Waals surface area contributed by atoms with Gasteiger partial charge in [0.05, 0.1) is 22.8 Å². The number of nitriles is 1. The lowest BCUT2D eigenvalue weighted by atomic mass is 9.90. The number of hydrogen-bond donors (Lipinski definition) is 0. The molecule has 0 unspecified atom stereocenters. The van der Waals surface area contributed by atoms with Gasteiger partial charge >= 0.3 is 0 Å². The second-order valence-corrected chi connectivity index (χ2v) is 8.03. The first-order valence-corrected chi connectivity index (χ1v) is 9.20. The normalized spacial score (nSPS) is 18.5. The molecule has 1 fully saturated rings. The summed E-state index contributed by atoms with van der Waals surface area (Å²) in [5.74, 6) is 0. The first-order chi connectivity index (χ1) is 12.8. The van der Waals surface area contributed by atoms with Crippen LogP contribution in [0.3, 0.4) is 0 Å². The monoisotopic (exact) mass is 357 g/mol. The van der Waals surface area contributed by atoms with E-state index in [2.05, 4.69) is 58.0 Å². The topological polar surface area (TPSA) is 42.2 Å². The summed E-state index contributed by atoms with van der Waals surface area (Å²) in [6, 6.07) is 22.4. The van der Waals surface area contributed by atoms with Gasteiger partial charge in [-0.25, -0.2) is 0 Å². The Bertz CT molecular complexity index is 1030. The van der Waals surface area contributed by atoms with E-state index in [1.54, 1.807) is 0 Å². The van der Waals surface area contributed by atoms with Gasteiger partial charge in [-0.2, -0.15) is 5.26 Å². The summed E-state index contributed by atoms with van der Waals surface area (Å²) in [7, 11) is 0. The summed E-state index contributed by atoms with van der Waals surface area (Å²) in [5.41, 5.74) is 3.19. The van der Waals surface area contributed by atoms with E-state index in [1.165, 1.54) is 0 Å². The molecular weight excluding hydrogens is 334 g/mol. The molecule has 0 atom stereocenters. The standard InChI is InChI=1S/C24H23NO2/c1-23(2)24(3,4)27-22(26-23)21-14-13-18(19-7-5-6-8-20(19)21)17-11-9-16(15-25)10-12-17/h5-14,22H,1-4H3. The van der Waals surface area contributed by atoms with Crippen LogP contribution in [0.15, 0.2) is 60.7 Å². The van der Waals surface area contributed by atoms with E-state index in [-0.39, 0.29) is 11.2 Å². The second-order valence-electron chi connectivity index (χ2n) is 8.03. The molecule has 3 aromatic carbocycles. The summed E-state index contributed by atoms with van der Waals surface area (Å²) >= 11 is 0. The van der Waals surface area contributed by atoms with E-state index in [4.69, 9.17) is 14.7 Å². The van der Waals surface area contributed by atoms with Gasteiger partial charge in [-0.05, 0) is 61.7 Å². The van der Waals surface area contributed by atoms with Gasteiger partial charge in [0.15, 0.2) is 6.29 Å². The Morgan fingerprint density at radius 1 is 0.778 bits per heavy atom. The molecule has 0 N–H and O–H groups in total. The fraction of sp³-hybridized carbons (Fsp3) is 0.292. The highest BCUT2D eigenvalue weighted by Crippen LogP contribution is 2.46. The predicted octanol–water partition coefficient (Wildman–Crippen LogP) is 5.98. The van der Waals surface area contributed by atoms with E-state index < -0.39 is 6.29 Å². The van der Waals surface area contributed by atoms with Crippen molar-refractivity contribution in [1.82, 2.24) is 0 Å². The van der Waals surface area contributed by atoms with Crippen molar-refractivity contribution in [3.05, 3.63) is 71.8 Å². The lowest BCUT2D eigenvalue weighted by molar-refractivity contribution is -0.0885. The van der Waals surface area contributed by atoms with Crippen molar-refractivity contribution >= 4 is 10.8 Å². The lowest BCUT2D eigenvalue weighted by Gasteiger charge is -2.30. The zero-order valence-corrected chi connectivity index (χ0v) is 16.1. The van der Waals surface area contributed by atoms with Crippen LogP contribution >= 0.6 is 0 Å². The summed E-state index contributed by atoms with van der Waals surface area (Å²) in [5, 5.41) is 11.3. The molecule has 0 saturated carbocycles. The minimum absolute atomic E-state index is 0.370. The van der Waals surface area contributed by atoms with Crippen molar-refractivity contribution in [2.45, 2.75) is 45.2 Å². The first kappa shape index (κ1) is 17.7. The quantitative estimate of drug-likeness (QED) is 0.566. The third kappa shape index (κ3) is 2.92. The van der Waals surface area contributed by atoms with E-state index in [1.807, 2.05) is 36.4 Å². The molecule has 3 heteroatoms. The van der Waals surface area contributed by atoms with Crippen LogP contribution in [0.5, 0.6) is 0 Å². The van der Waals surface area contributed by atoms with Crippen molar-refractivity contribution < 1.29 is 9.47 Å². The molecule has 1 saturated heterocycles. The molecule has 4 rings (SSSR count). The van der Waals surface area contributed by atoms with E-state index in [0.29, 0.717) is 5.56 Å². The molecule has 0 aliphatic carbocycles. The average Bonchev–Trinajstić information content (AvgIpc) is 2.88. The van der Waals surface area contributed by atoms with Gasteiger partial charge in [0, 0.05) is 5.56 Å². The number of nitrogens with zero attached hydrogens (tertiary/aromatic N) is 1. The first-order valence-electron chi connectivity index (χ1n) is 9.20. The number of ether oxygens (including phenoxy) is 2. The maximum atomic E-state index is 9.04. The number of hydrogen-bond acceptors (Lipinski definition) is 3. The number of fused-ring (bicyclic) bond motifs is 1. The summed E-state index contributed by atoms with van der Waals surface area (Å²) in [6.45, 7) is 8.28. The van der Waals surface area contributed by atoms with Crippen LogP contribution in [-0.2, 0) is 9.47 Å². The highest BCUT2D eigenvalue weighted by Gasteiger charge is 2.49. The molecule has 0 bridgehead atoms. The molecule has 136 valence electrons. The molecule has 0 aromatic heterocycles. The summed E-state index contributed by atoms with van der Waals surface area (Å²) < 4.78 is 12.6. The molecule has 1 aliphatic heterocycles. The van der Waals surface area contributed by atoms with Crippen molar-refractivity contribution in [1.29, 1.82) is 5.26 Å². The Labute approximate surface area is 160 Å². The fourth-order valence-electron chi connectivity index (χ4n) is 3.47. The highest BCUT2D eigenvalue weighted by atomic mass is 16.7. The average molecular weight is 357 g/mol. The van der Waals surface area contributed by atoms with Gasteiger partial charge in [-0.15, -0.1) is 0 Å². The Morgan fingerprint density at radius 2 is 1.37 bits per heavy atom. The summed E-state index contributed by atoms with van der Waals surface area (Å²) in [6.07, 6.45) is -0.394. The number of rotatable bonds is 2. The van der Waals surface area contributed by atoms with Crippen molar-refractivity contribution in [3.8, 4) is 17.2 Å². The van der Waals surface area contributed by atoms with E-state index >= 15 is 0 Å². The Morgan fingerprint density at radius 3 is 1.96 bits per heavy atom. The minimum atomic E-state index is -0.394. The lowest BCUT2D eigenvalue weighted by Crippen LogP contribution is -2.41. The number of benzene rings is 3. The van der Waals surface area contributed by atoms with E-state index in [9.17, 15) is 0 Å². The minimum Gasteiger partial charge on any atom is -0.339 e. The molecule has 3 aromatic rings. The van der Waals surface area contributed by atoms with Crippen LogP contribution in [0.4, 0.5) is 0 Å². The van der Waals surface area contributed by atoms with Gasteiger partial charge in [0.25, 0.3) is 0 Å². The van der Waals surface area contributed by atoms with Crippen molar-refractivity contribution in [2.24, 2.45) is 0 Å². The molecule has 0 radical (unpaired) electrons. The second kappa shape index (κ2) is 6.20. The maximum Gasteiger partial charge on any atom is 0.185 e. The molecule has 0 amide bonds. The molecule has 0 spiro atoms. The third-order valence-electron chi connectivity index (χ3n) is 5.79. The van der Waals surface area contributed by atoms with Crippen LogP contribution < -0.4 is 0 Å². The zero-order chi connectivity index (χ0) is 19.2. The Hall–Kier alpha value is -2.67. The van der Waals surface area contributed by atoms with Gasteiger partial charge in [-0.1, -0.05) is 48.5 Å². The fourth-order valence-corrected chi connectivity index (χ4v) is 3.47. The molecular formula is C24H23NO2. The molecule has 3 nitrogen and oxygen atoms in total. The van der Waals surface area contributed by atoms with Crippen LogP contribution in [0, 0.1) is 11.3 Å². The largest absolute Gasteiger partial charge is 0.339 e. The van der Waals surface area contributed by atoms with Crippen LogP contribution in [0.1, 0.15) is 45.1 Å². The zero-order valence-electron chi connectivity index (χ0n) is 16.1. The van der Waals surface area contributed by atoms with Crippen LogP contribution in [-0.4, -0.2) is 11.2 Å². The Balaban J connectivity index is 1.83. The van der Waals surface area contributed by atoms with Crippen molar-refractivity contribution in [2.75, 3.05) is 0 Å². The summed E-state index contributed by atoms with van der Waals surface area (Å²) in [4.78, 5) is 0. The molecule has 1 heterocycles. The molecule has 27 heavy (non-hydrogen) atoms. The van der Waals surface area contributed by atoms with E-state index in [0.717, 1.165) is 27.5 Å². The van der Waals surface area contributed by atoms with Gasteiger partial charge < -0.3 is 9.47 Å². The van der Waals surface area contributed by atoms with Gasteiger partial charge in [0.1, 0.15) is 0 Å². The van der Waals surface area contributed by atoms with Crippen LogP contribution in [0.2, 0.25) is 0 Å². The highest BCUT2D eigenvalue weighted by molar-refractivity contribution is 5.98. The van der Waals surface area contributed by atoms with Gasteiger partial charge in [-0.3, -0.25) is 0 Å². The molecule has 1 aliphatic rings. The van der Waals surface area contributed by atoms with Crippen molar-refractivity contribution in [3.63, 3.8) is 0 Å². The Kier molecular flexibility index (Phi) is 4.07. The third-order valence-corrected chi connectivity index (χ3v) is 5.79. The maximum absolute atomic E-state index is 9.04. The van der Waals surface area contributed by atoms with Crippen LogP contribution in [0.25, 0.3) is 21.9 Å². The smallest absolute Gasteiger partial charge is 0.185 e. The SMILES string of the molecule is CC1(C)OC(c2ccc(-c3ccc(C#N)cc3)c3ccccc23)OC1(C)C. The predicted molar refractivity (Wildman–Crippen MR) is 107 cm³/mol.